The minimum absolute atomic E-state index is 0.138. The minimum atomic E-state index is -0.882. The van der Waals surface area contributed by atoms with Crippen molar-refractivity contribution in [3.8, 4) is 0 Å². The first kappa shape index (κ1) is 12.5. The van der Waals surface area contributed by atoms with E-state index in [-0.39, 0.29) is 17.9 Å². The maximum Gasteiger partial charge on any atom is 0.162 e. The Labute approximate surface area is 100 Å². The fourth-order valence-electron chi connectivity index (χ4n) is 2.67. The molecule has 2 atom stereocenters. The fraction of sp³-hybridized carbons (Fsp3) is 0.571. The molecule has 1 aromatic carbocycles. The van der Waals surface area contributed by atoms with Crippen molar-refractivity contribution in [3.63, 3.8) is 0 Å². The fourth-order valence-corrected chi connectivity index (χ4v) is 2.67. The van der Waals surface area contributed by atoms with Crippen molar-refractivity contribution >= 4 is 0 Å². The van der Waals surface area contributed by atoms with Crippen LogP contribution >= 0.6 is 0 Å². The molecule has 0 aromatic heterocycles. The lowest BCUT2D eigenvalue weighted by Gasteiger charge is -2.38. The summed E-state index contributed by atoms with van der Waals surface area (Å²) in [5.74, 6) is -1.52. The van der Waals surface area contributed by atoms with E-state index in [4.69, 9.17) is 0 Å². The van der Waals surface area contributed by atoms with E-state index in [1.54, 1.807) is 6.07 Å². The van der Waals surface area contributed by atoms with Gasteiger partial charge in [0.15, 0.2) is 11.6 Å². The molecule has 1 aliphatic carbocycles. The minimum Gasteiger partial charge on any atom is -0.389 e. The lowest BCUT2D eigenvalue weighted by molar-refractivity contribution is -0.0411. The van der Waals surface area contributed by atoms with E-state index in [9.17, 15) is 13.9 Å². The molecule has 0 spiro atoms. The lowest BCUT2D eigenvalue weighted by Crippen LogP contribution is -2.41. The van der Waals surface area contributed by atoms with Gasteiger partial charge in [-0.05, 0) is 30.4 Å². The number of hydrogen-bond acceptors (Lipinski definition) is 1. The van der Waals surface area contributed by atoms with Crippen LogP contribution < -0.4 is 0 Å². The number of benzene rings is 1. The number of hydrogen-bond donors (Lipinski definition) is 1. The molecule has 0 bridgehead atoms. The highest BCUT2D eigenvalue weighted by Gasteiger charge is 2.36. The van der Waals surface area contributed by atoms with Crippen LogP contribution in [0, 0.1) is 17.6 Å². The maximum atomic E-state index is 13.6. The van der Waals surface area contributed by atoms with E-state index in [0.717, 1.165) is 25.3 Å². The van der Waals surface area contributed by atoms with E-state index < -0.39 is 17.2 Å². The van der Waals surface area contributed by atoms with Crippen LogP contribution in [0.15, 0.2) is 18.2 Å². The zero-order valence-electron chi connectivity index (χ0n) is 10.0. The summed E-state index contributed by atoms with van der Waals surface area (Å²) < 4.78 is 26.7. The SMILES string of the molecule is CC1CCCCC1(O)Cc1cccc(F)c1F. The molecule has 3 heteroatoms. The van der Waals surface area contributed by atoms with Gasteiger partial charge in [-0.1, -0.05) is 31.9 Å². The average molecular weight is 240 g/mol. The Morgan fingerprint density at radius 1 is 1.35 bits per heavy atom. The molecular formula is C14H18F2O. The molecule has 1 nitrogen and oxygen atoms in total. The van der Waals surface area contributed by atoms with Crippen molar-refractivity contribution in [3.05, 3.63) is 35.4 Å². The molecule has 0 saturated heterocycles. The Bertz CT molecular complexity index is 405. The molecule has 0 amide bonds. The van der Waals surface area contributed by atoms with Crippen LogP contribution in [0.2, 0.25) is 0 Å². The smallest absolute Gasteiger partial charge is 0.162 e. The van der Waals surface area contributed by atoms with E-state index in [1.165, 1.54) is 6.07 Å². The van der Waals surface area contributed by atoms with E-state index in [2.05, 4.69) is 0 Å². The lowest BCUT2D eigenvalue weighted by atomic mass is 9.73. The van der Waals surface area contributed by atoms with Gasteiger partial charge in [0, 0.05) is 6.42 Å². The summed E-state index contributed by atoms with van der Waals surface area (Å²) in [5, 5.41) is 10.5. The second-order valence-corrected chi connectivity index (χ2v) is 5.14. The van der Waals surface area contributed by atoms with Gasteiger partial charge in [0.05, 0.1) is 5.60 Å². The van der Waals surface area contributed by atoms with Crippen LogP contribution in [-0.2, 0) is 6.42 Å². The highest BCUT2D eigenvalue weighted by Crippen LogP contribution is 2.36. The summed E-state index contributed by atoms with van der Waals surface area (Å²) in [6, 6.07) is 4.15. The van der Waals surface area contributed by atoms with Crippen LogP contribution in [-0.4, -0.2) is 10.7 Å². The van der Waals surface area contributed by atoms with Gasteiger partial charge in [0.1, 0.15) is 0 Å². The Balaban J connectivity index is 2.22. The summed E-state index contributed by atoms with van der Waals surface area (Å²) in [6.07, 6.45) is 3.89. The van der Waals surface area contributed by atoms with Gasteiger partial charge in [0.2, 0.25) is 0 Å². The van der Waals surface area contributed by atoms with E-state index in [0.29, 0.717) is 6.42 Å². The summed E-state index contributed by atoms with van der Waals surface area (Å²) in [4.78, 5) is 0. The van der Waals surface area contributed by atoms with Crippen LogP contribution in [0.1, 0.15) is 38.2 Å². The monoisotopic (exact) mass is 240 g/mol. The second kappa shape index (κ2) is 4.73. The van der Waals surface area contributed by atoms with Gasteiger partial charge in [-0.15, -0.1) is 0 Å². The molecule has 1 fully saturated rings. The molecule has 94 valence electrons. The predicted octanol–water partition coefficient (Wildman–Crippen LogP) is 3.45. The first-order chi connectivity index (χ1) is 8.03. The number of rotatable bonds is 2. The summed E-state index contributed by atoms with van der Waals surface area (Å²) in [5.41, 5.74) is -0.603. The molecule has 1 aliphatic rings. The zero-order valence-corrected chi connectivity index (χ0v) is 10.0. The third-order valence-corrected chi connectivity index (χ3v) is 3.94. The van der Waals surface area contributed by atoms with Gasteiger partial charge >= 0.3 is 0 Å². The van der Waals surface area contributed by atoms with Gasteiger partial charge in [0.25, 0.3) is 0 Å². The molecule has 1 N–H and O–H groups in total. The molecular weight excluding hydrogens is 222 g/mol. The first-order valence-electron chi connectivity index (χ1n) is 6.18. The standard InChI is InChI=1S/C14H18F2O/c1-10-5-2-3-8-14(10,17)9-11-6-4-7-12(15)13(11)16/h4,6-7,10,17H,2-3,5,8-9H2,1H3. The molecule has 1 aromatic rings. The van der Waals surface area contributed by atoms with Crippen molar-refractivity contribution in [1.29, 1.82) is 0 Å². The van der Waals surface area contributed by atoms with Crippen LogP contribution in [0.3, 0.4) is 0 Å². The molecule has 2 unspecified atom stereocenters. The van der Waals surface area contributed by atoms with Crippen molar-refractivity contribution < 1.29 is 13.9 Å². The molecule has 2 rings (SSSR count). The molecule has 1 saturated carbocycles. The first-order valence-corrected chi connectivity index (χ1v) is 6.18. The van der Waals surface area contributed by atoms with Crippen molar-refractivity contribution in [1.82, 2.24) is 0 Å². The topological polar surface area (TPSA) is 20.2 Å². The summed E-state index contributed by atoms with van der Waals surface area (Å²) in [6.45, 7) is 1.98. The van der Waals surface area contributed by atoms with Crippen LogP contribution in [0.5, 0.6) is 0 Å². The largest absolute Gasteiger partial charge is 0.389 e. The van der Waals surface area contributed by atoms with Crippen LogP contribution in [0.25, 0.3) is 0 Å². The second-order valence-electron chi connectivity index (χ2n) is 5.14. The predicted molar refractivity (Wildman–Crippen MR) is 62.6 cm³/mol. The average Bonchev–Trinajstić information content (AvgIpc) is 2.29. The van der Waals surface area contributed by atoms with Gasteiger partial charge < -0.3 is 5.11 Å². The molecule has 0 heterocycles. The summed E-state index contributed by atoms with van der Waals surface area (Å²) >= 11 is 0. The Morgan fingerprint density at radius 2 is 2.12 bits per heavy atom. The van der Waals surface area contributed by atoms with Gasteiger partial charge in [-0.2, -0.15) is 0 Å². The van der Waals surface area contributed by atoms with E-state index in [1.807, 2.05) is 6.92 Å². The Morgan fingerprint density at radius 3 is 2.82 bits per heavy atom. The quantitative estimate of drug-likeness (QED) is 0.839. The highest BCUT2D eigenvalue weighted by molar-refractivity contribution is 5.21. The van der Waals surface area contributed by atoms with Crippen molar-refractivity contribution in [2.45, 2.75) is 44.6 Å². The number of halogens is 2. The van der Waals surface area contributed by atoms with Crippen molar-refractivity contribution in [2.75, 3.05) is 0 Å². The molecule has 17 heavy (non-hydrogen) atoms. The normalized spacial score (nSPS) is 29.3. The summed E-state index contributed by atoms with van der Waals surface area (Å²) in [7, 11) is 0. The molecule has 0 radical (unpaired) electrons. The van der Waals surface area contributed by atoms with Crippen molar-refractivity contribution in [2.24, 2.45) is 5.92 Å². The molecule has 0 aliphatic heterocycles. The van der Waals surface area contributed by atoms with E-state index >= 15 is 0 Å². The third-order valence-electron chi connectivity index (χ3n) is 3.94. The third kappa shape index (κ3) is 2.49. The Kier molecular flexibility index (Phi) is 3.48. The highest BCUT2D eigenvalue weighted by atomic mass is 19.2. The van der Waals surface area contributed by atoms with Gasteiger partial charge in [-0.25, -0.2) is 8.78 Å². The number of aliphatic hydroxyl groups is 1. The zero-order chi connectivity index (χ0) is 12.5. The maximum absolute atomic E-state index is 13.6. The van der Waals surface area contributed by atoms with Crippen LogP contribution in [0.4, 0.5) is 8.78 Å². The van der Waals surface area contributed by atoms with Gasteiger partial charge in [-0.3, -0.25) is 0 Å². The Hall–Kier alpha value is -0.960.